The highest BCUT2D eigenvalue weighted by atomic mass is 32.1. The lowest BCUT2D eigenvalue weighted by atomic mass is 10.4. The van der Waals surface area contributed by atoms with Gasteiger partial charge in [-0.3, -0.25) is 4.79 Å². The number of carbonyl (C=O) groups is 2. The molecular formula is C10H13NO4S. The molecule has 6 heteroatoms. The van der Waals surface area contributed by atoms with Crippen LogP contribution in [0.15, 0.2) is 11.4 Å². The molecule has 1 N–H and O–H groups in total. The van der Waals surface area contributed by atoms with Gasteiger partial charge in [0.25, 0.3) is 0 Å². The monoisotopic (exact) mass is 243 g/mol. The predicted molar refractivity (Wildman–Crippen MR) is 60.8 cm³/mol. The first-order chi connectivity index (χ1) is 7.69. The van der Waals surface area contributed by atoms with E-state index in [2.05, 4.69) is 10.1 Å². The Bertz CT molecular complexity index is 375. The fraction of sp³-hybridized carbons (Fsp3) is 0.400. The van der Waals surface area contributed by atoms with Crippen LogP contribution in [0.4, 0.5) is 5.69 Å². The molecule has 0 atom stereocenters. The van der Waals surface area contributed by atoms with Gasteiger partial charge in [0, 0.05) is 6.61 Å². The summed E-state index contributed by atoms with van der Waals surface area (Å²) in [6.07, 6.45) is 0. The molecule has 0 radical (unpaired) electrons. The van der Waals surface area contributed by atoms with Gasteiger partial charge in [0.05, 0.1) is 12.8 Å². The third-order valence-electron chi connectivity index (χ3n) is 1.75. The van der Waals surface area contributed by atoms with Crippen molar-refractivity contribution < 1.29 is 19.1 Å². The maximum atomic E-state index is 11.3. The number of esters is 1. The molecule has 0 aliphatic heterocycles. The van der Waals surface area contributed by atoms with Gasteiger partial charge in [-0.25, -0.2) is 4.79 Å². The SMILES string of the molecule is CCOCC(=O)Nc1ccsc1C(=O)OC. The van der Waals surface area contributed by atoms with E-state index in [1.165, 1.54) is 18.4 Å². The van der Waals surface area contributed by atoms with Crippen molar-refractivity contribution in [3.05, 3.63) is 16.3 Å². The molecule has 0 saturated carbocycles. The first-order valence-electron chi connectivity index (χ1n) is 4.72. The van der Waals surface area contributed by atoms with Crippen LogP contribution in [0.25, 0.3) is 0 Å². The highest BCUT2D eigenvalue weighted by Crippen LogP contribution is 2.22. The first-order valence-corrected chi connectivity index (χ1v) is 5.60. The lowest BCUT2D eigenvalue weighted by Gasteiger charge is -2.05. The maximum absolute atomic E-state index is 11.3. The van der Waals surface area contributed by atoms with E-state index >= 15 is 0 Å². The Labute approximate surface area is 97.4 Å². The number of ether oxygens (including phenoxy) is 2. The average Bonchev–Trinajstić information content (AvgIpc) is 2.73. The fourth-order valence-electron chi connectivity index (χ4n) is 1.04. The summed E-state index contributed by atoms with van der Waals surface area (Å²) in [4.78, 5) is 23.0. The Hall–Kier alpha value is -1.40. The van der Waals surface area contributed by atoms with Crippen molar-refractivity contribution in [2.24, 2.45) is 0 Å². The molecule has 0 spiro atoms. The second-order valence-electron chi connectivity index (χ2n) is 2.84. The molecule has 88 valence electrons. The van der Waals surface area contributed by atoms with Gasteiger partial charge in [0.15, 0.2) is 0 Å². The van der Waals surface area contributed by atoms with Crippen LogP contribution in [0, 0.1) is 0 Å². The second kappa shape index (κ2) is 6.24. The molecule has 0 aliphatic rings. The number of hydrogen-bond donors (Lipinski definition) is 1. The zero-order valence-corrected chi connectivity index (χ0v) is 9.93. The molecule has 1 heterocycles. The minimum Gasteiger partial charge on any atom is -0.465 e. The van der Waals surface area contributed by atoms with Gasteiger partial charge in [0.1, 0.15) is 11.5 Å². The van der Waals surface area contributed by atoms with E-state index in [-0.39, 0.29) is 12.5 Å². The highest BCUT2D eigenvalue weighted by molar-refractivity contribution is 7.12. The molecular weight excluding hydrogens is 230 g/mol. The number of rotatable bonds is 5. The molecule has 0 aromatic carbocycles. The molecule has 1 rings (SSSR count). The molecule has 5 nitrogen and oxygen atoms in total. The van der Waals surface area contributed by atoms with Crippen LogP contribution in [-0.4, -0.2) is 32.2 Å². The van der Waals surface area contributed by atoms with Crippen molar-refractivity contribution in [1.82, 2.24) is 0 Å². The number of nitrogens with one attached hydrogen (secondary N) is 1. The molecule has 16 heavy (non-hydrogen) atoms. The number of hydrogen-bond acceptors (Lipinski definition) is 5. The van der Waals surface area contributed by atoms with Gasteiger partial charge in [-0.1, -0.05) is 0 Å². The zero-order chi connectivity index (χ0) is 12.0. The average molecular weight is 243 g/mol. The summed E-state index contributed by atoms with van der Waals surface area (Å²) in [6.45, 7) is 2.26. The predicted octanol–water partition coefficient (Wildman–Crippen LogP) is 1.51. The number of amides is 1. The second-order valence-corrected chi connectivity index (χ2v) is 3.76. The number of methoxy groups -OCH3 is 1. The van der Waals surface area contributed by atoms with Crippen LogP contribution in [0.5, 0.6) is 0 Å². The van der Waals surface area contributed by atoms with Crippen LogP contribution in [0.3, 0.4) is 0 Å². The van der Waals surface area contributed by atoms with Crippen molar-refractivity contribution in [2.75, 3.05) is 25.6 Å². The van der Waals surface area contributed by atoms with Gasteiger partial charge < -0.3 is 14.8 Å². The smallest absolute Gasteiger partial charge is 0.350 e. The zero-order valence-electron chi connectivity index (χ0n) is 9.11. The lowest BCUT2D eigenvalue weighted by Crippen LogP contribution is -2.19. The third-order valence-corrected chi connectivity index (χ3v) is 2.64. The van der Waals surface area contributed by atoms with Crippen molar-refractivity contribution in [3.63, 3.8) is 0 Å². The Kier molecular flexibility index (Phi) is 4.94. The van der Waals surface area contributed by atoms with Crippen LogP contribution >= 0.6 is 11.3 Å². The van der Waals surface area contributed by atoms with Gasteiger partial charge in [-0.15, -0.1) is 11.3 Å². The molecule has 1 amide bonds. The van der Waals surface area contributed by atoms with E-state index in [0.717, 1.165) is 0 Å². The van der Waals surface area contributed by atoms with Gasteiger partial charge in [-0.05, 0) is 18.4 Å². The highest BCUT2D eigenvalue weighted by Gasteiger charge is 2.15. The Morgan fingerprint density at radius 2 is 2.25 bits per heavy atom. The van der Waals surface area contributed by atoms with Crippen LogP contribution < -0.4 is 5.32 Å². The van der Waals surface area contributed by atoms with E-state index < -0.39 is 5.97 Å². The summed E-state index contributed by atoms with van der Waals surface area (Å²) in [6, 6.07) is 1.65. The lowest BCUT2D eigenvalue weighted by molar-refractivity contribution is -0.120. The van der Waals surface area contributed by atoms with E-state index in [9.17, 15) is 9.59 Å². The summed E-state index contributed by atoms with van der Waals surface area (Å²) in [5, 5.41) is 4.30. The number of anilines is 1. The molecule has 0 fully saturated rings. The quantitative estimate of drug-likeness (QED) is 0.796. The van der Waals surface area contributed by atoms with Gasteiger partial charge in [-0.2, -0.15) is 0 Å². The summed E-state index contributed by atoms with van der Waals surface area (Å²) < 4.78 is 9.53. The molecule has 1 aromatic rings. The van der Waals surface area contributed by atoms with Gasteiger partial charge in [0.2, 0.25) is 5.91 Å². The fourth-order valence-corrected chi connectivity index (χ4v) is 1.81. The maximum Gasteiger partial charge on any atom is 0.350 e. The Balaban J connectivity index is 2.63. The molecule has 0 saturated heterocycles. The first kappa shape index (κ1) is 12.7. The molecule has 0 bridgehead atoms. The minimum absolute atomic E-state index is 0.0209. The largest absolute Gasteiger partial charge is 0.465 e. The third kappa shape index (κ3) is 3.32. The van der Waals surface area contributed by atoms with Crippen LogP contribution in [0.1, 0.15) is 16.6 Å². The number of carbonyl (C=O) groups excluding carboxylic acids is 2. The normalized spacial score (nSPS) is 9.88. The summed E-state index contributed by atoms with van der Waals surface area (Å²) in [5.41, 5.74) is 0.460. The van der Waals surface area contributed by atoms with Gasteiger partial charge >= 0.3 is 5.97 Å². The molecule has 0 aliphatic carbocycles. The molecule has 1 aromatic heterocycles. The van der Waals surface area contributed by atoms with E-state index in [1.54, 1.807) is 18.4 Å². The van der Waals surface area contributed by atoms with Crippen LogP contribution in [0.2, 0.25) is 0 Å². The van der Waals surface area contributed by atoms with Crippen molar-refractivity contribution in [1.29, 1.82) is 0 Å². The standard InChI is InChI=1S/C10H13NO4S/c1-3-15-6-8(12)11-7-4-5-16-9(7)10(13)14-2/h4-5H,3,6H2,1-2H3,(H,11,12). The van der Waals surface area contributed by atoms with Crippen molar-refractivity contribution >= 4 is 28.9 Å². The van der Waals surface area contributed by atoms with E-state index in [4.69, 9.17) is 4.74 Å². The summed E-state index contributed by atoms with van der Waals surface area (Å²) in [5.74, 6) is -0.743. The van der Waals surface area contributed by atoms with E-state index in [0.29, 0.717) is 17.2 Å². The minimum atomic E-state index is -0.457. The Morgan fingerprint density at radius 1 is 1.50 bits per heavy atom. The van der Waals surface area contributed by atoms with Crippen LogP contribution in [-0.2, 0) is 14.3 Å². The topological polar surface area (TPSA) is 64.6 Å². The summed E-state index contributed by atoms with van der Waals surface area (Å²) >= 11 is 1.22. The number of thiophene rings is 1. The van der Waals surface area contributed by atoms with Crippen molar-refractivity contribution in [3.8, 4) is 0 Å². The summed E-state index contributed by atoms with van der Waals surface area (Å²) in [7, 11) is 1.30. The van der Waals surface area contributed by atoms with Crippen molar-refractivity contribution in [2.45, 2.75) is 6.92 Å². The van der Waals surface area contributed by atoms with E-state index in [1.807, 2.05) is 0 Å². The molecule has 0 unspecified atom stereocenters. The Morgan fingerprint density at radius 3 is 2.88 bits per heavy atom.